The first kappa shape index (κ1) is 22.0. The quantitative estimate of drug-likeness (QED) is 0.450. The molecule has 0 N–H and O–H groups in total. The normalized spacial score (nSPS) is 23.8. The highest BCUT2D eigenvalue weighted by molar-refractivity contribution is 4.89. The number of hydrogen-bond acceptors (Lipinski definition) is 1. The van der Waals surface area contributed by atoms with E-state index in [2.05, 4.69) is 69.2 Å². The molecule has 1 nitrogen and oxygen atoms in total. The molecule has 144 valence electrons. The summed E-state index contributed by atoms with van der Waals surface area (Å²) in [7, 11) is 0. The summed E-state index contributed by atoms with van der Waals surface area (Å²) in [5.41, 5.74) is 0.321. The third kappa shape index (κ3) is 6.36. The Labute approximate surface area is 153 Å². The van der Waals surface area contributed by atoms with Crippen molar-refractivity contribution in [2.24, 2.45) is 35.0 Å². The third-order valence-corrected chi connectivity index (χ3v) is 6.47. The lowest BCUT2D eigenvalue weighted by Gasteiger charge is -2.45. The van der Waals surface area contributed by atoms with Crippen molar-refractivity contribution in [3.05, 3.63) is 0 Å². The molecule has 0 radical (unpaired) electrons. The minimum atomic E-state index is -0.0440. The maximum absolute atomic E-state index is 6.65. The molecule has 0 saturated heterocycles. The van der Waals surface area contributed by atoms with Crippen LogP contribution in [0.25, 0.3) is 0 Å². The molecule has 0 aromatic carbocycles. The minimum absolute atomic E-state index is 0.0440. The van der Waals surface area contributed by atoms with Crippen molar-refractivity contribution in [3.63, 3.8) is 0 Å². The highest BCUT2D eigenvalue weighted by Gasteiger charge is 2.39. The van der Waals surface area contributed by atoms with Gasteiger partial charge in [0, 0.05) is 0 Å². The van der Waals surface area contributed by atoms with Gasteiger partial charge in [-0.2, -0.15) is 0 Å². The molecular weight excluding hydrogens is 292 g/mol. The van der Waals surface area contributed by atoms with Crippen molar-refractivity contribution in [2.75, 3.05) is 0 Å². The van der Waals surface area contributed by atoms with Crippen molar-refractivity contribution in [3.8, 4) is 0 Å². The molecule has 0 amide bonds. The number of rotatable bonds is 8. The van der Waals surface area contributed by atoms with Crippen molar-refractivity contribution in [1.82, 2.24) is 0 Å². The first-order valence-electron chi connectivity index (χ1n) is 10.5. The zero-order chi connectivity index (χ0) is 18.7. The smallest absolute Gasteiger partial charge is 0.0635 e. The topological polar surface area (TPSA) is 9.23 Å². The van der Waals surface area contributed by atoms with Gasteiger partial charge >= 0.3 is 0 Å². The van der Waals surface area contributed by atoms with Crippen molar-refractivity contribution < 1.29 is 4.74 Å². The van der Waals surface area contributed by atoms with Crippen LogP contribution in [0.3, 0.4) is 0 Å². The summed E-state index contributed by atoms with van der Waals surface area (Å²) in [5, 5.41) is 0. The van der Waals surface area contributed by atoms with E-state index >= 15 is 0 Å². The van der Waals surface area contributed by atoms with Crippen LogP contribution in [0.5, 0.6) is 0 Å². The monoisotopic (exact) mass is 338 g/mol. The summed E-state index contributed by atoms with van der Waals surface area (Å²) in [6, 6.07) is 0. The second-order valence-electron chi connectivity index (χ2n) is 10.9. The van der Waals surface area contributed by atoms with Gasteiger partial charge in [0.2, 0.25) is 0 Å². The Hall–Kier alpha value is -0.0400. The Kier molecular flexibility index (Phi) is 7.85. The van der Waals surface area contributed by atoms with Crippen LogP contribution in [-0.4, -0.2) is 11.7 Å². The Morgan fingerprint density at radius 2 is 1.25 bits per heavy atom. The van der Waals surface area contributed by atoms with Crippen LogP contribution >= 0.6 is 0 Å². The van der Waals surface area contributed by atoms with Crippen LogP contribution in [0.4, 0.5) is 0 Å². The standard InChI is InChI=1S/C23H46O/c1-16(2)19-11-13-20(14-12-19)22(7,8)15-23(9,10)24-21(17(3)4)18(5)6/h16-21H,11-15H2,1-10H3. The van der Waals surface area contributed by atoms with Crippen LogP contribution in [0.15, 0.2) is 0 Å². The Morgan fingerprint density at radius 3 is 1.62 bits per heavy atom. The maximum Gasteiger partial charge on any atom is 0.0635 e. The first-order valence-corrected chi connectivity index (χ1v) is 10.5. The molecule has 24 heavy (non-hydrogen) atoms. The zero-order valence-corrected chi connectivity index (χ0v) is 18.4. The molecule has 0 atom stereocenters. The van der Waals surface area contributed by atoms with Crippen molar-refractivity contribution in [1.29, 1.82) is 0 Å². The van der Waals surface area contributed by atoms with E-state index in [1.807, 2.05) is 0 Å². The molecule has 0 bridgehead atoms. The molecule has 0 heterocycles. The van der Waals surface area contributed by atoms with Gasteiger partial charge < -0.3 is 4.74 Å². The van der Waals surface area contributed by atoms with Crippen LogP contribution < -0.4 is 0 Å². The maximum atomic E-state index is 6.65. The molecular formula is C23H46O. The van der Waals surface area contributed by atoms with Gasteiger partial charge in [-0.15, -0.1) is 0 Å². The predicted molar refractivity (Wildman–Crippen MR) is 107 cm³/mol. The van der Waals surface area contributed by atoms with E-state index in [0.717, 1.165) is 24.2 Å². The SMILES string of the molecule is CC(C)C1CCC(C(C)(C)CC(C)(C)OC(C(C)C)C(C)C)CC1. The summed E-state index contributed by atoms with van der Waals surface area (Å²) in [4.78, 5) is 0. The molecule has 0 aromatic rings. The molecule has 0 aliphatic heterocycles. The van der Waals surface area contributed by atoms with Gasteiger partial charge in [0.25, 0.3) is 0 Å². The summed E-state index contributed by atoms with van der Waals surface area (Å²) in [6.45, 7) is 23.5. The Balaban J connectivity index is 2.67. The minimum Gasteiger partial charge on any atom is -0.372 e. The molecule has 1 rings (SSSR count). The molecule has 0 aromatic heterocycles. The average molecular weight is 339 g/mol. The second-order valence-corrected chi connectivity index (χ2v) is 10.9. The lowest BCUT2D eigenvalue weighted by Crippen LogP contribution is -2.42. The second kappa shape index (κ2) is 8.56. The van der Waals surface area contributed by atoms with Gasteiger partial charge in [-0.3, -0.25) is 0 Å². The van der Waals surface area contributed by atoms with E-state index in [4.69, 9.17) is 4.74 Å². The largest absolute Gasteiger partial charge is 0.372 e. The van der Waals surface area contributed by atoms with Gasteiger partial charge in [-0.05, 0) is 81.0 Å². The summed E-state index contributed by atoms with van der Waals surface area (Å²) in [5.74, 6) is 3.81. The molecule has 1 aliphatic carbocycles. The van der Waals surface area contributed by atoms with Gasteiger partial charge in [0.05, 0.1) is 11.7 Å². The van der Waals surface area contributed by atoms with Crippen LogP contribution in [0.2, 0.25) is 0 Å². The fourth-order valence-corrected chi connectivity index (χ4v) is 5.26. The van der Waals surface area contributed by atoms with Crippen LogP contribution in [0, 0.1) is 35.0 Å². The predicted octanol–water partition coefficient (Wildman–Crippen LogP) is 7.34. The molecule has 1 saturated carbocycles. The molecule has 0 spiro atoms. The summed E-state index contributed by atoms with van der Waals surface area (Å²) < 4.78 is 6.65. The van der Waals surface area contributed by atoms with E-state index in [1.165, 1.54) is 25.7 Å². The Morgan fingerprint density at radius 1 is 0.792 bits per heavy atom. The third-order valence-electron chi connectivity index (χ3n) is 6.47. The molecule has 1 heteroatoms. The van der Waals surface area contributed by atoms with Crippen LogP contribution in [0.1, 0.15) is 101 Å². The van der Waals surface area contributed by atoms with Crippen LogP contribution in [-0.2, 0) is 4.74 Å². The van der Waals surface area contributed by atoms with E-state index < -0.39 is 0 Å². The molecule has 1 aliphatic rings. The fraction of sp³-hybridized carbons (Fsp3) is 1.00. The van der Waals surface area contributed by atoms with E-state index in [0.29, 0.717) is 23.4 Å². The van der Waals surface area contributed by atoms with Crippen molar-refractivity contribution >= 4 is 0 Å². The van der Waals surface area contributed by atoms with Gasteiger partial charge in [-0.25, -0.2) is 0 Å². The zero-order valence-electron chi connectivity index (χ0n) is 18.4. The number of ether oxygens (including phenoxy) is 1. The molecule has 0 unspecified atom stereocenters. The van der Waals surface area contributed by atoms with E-state index in [1.54, 1.807) is 0 Å². The van der Waals surface area contributed by atoms with Gasteiger partial charge in [-0.1, -0.05) is 55.4 Å². The van der Waals surface area contributed by atoms with Gasteiger partial charge in [0.1, 0.15) is 0 Å². The lowest BCUT2D eigenvalue weighted by atomic mass is 9.64. The summed E-state index contributed by atoms with van der Waals surface area (Å²) >= 11 is 0. The average Bonchev–Trinajstić information content (AvgIpc) is 2.43. The van der Waals surface area contributed by atoms with E-state index in [-0.39, 0.29) is 5.60 Å². The van der Waals surface area contributed by atoms with Gasteiger partial charge in [0.15, 0.2) is 0 Å². The highest BCUT2D eigenvalue weighted by atomic mass is 16.5. The molecule has 1 fully saturated rings. The van der Waals surface area contributed by atoms with Crippen molar-refractivity contribution in [2.45, 2.75) is 113 Å². The Bertz CT molecular complexity index is 348. The first-order chi connectivity index (χ1) is 10.9. The lowest BCUT2D eigenvalue weighted by molar-refractivity contribution is -0.131. The van der Waals surface area contributed by atoms with E-state index in [9.17, 15) is 0 Å². The highest BCUT2D eigenvalue weighted by Crippen LogP contribution is 2.46. The fourth-order valence-electron chi connectivity index (χ4n) is 5.26. The number of hydrogen-bond donors (Lipinski definition) is 0. The summed E-state index contributed by atoms with van der Waals surface area (Å²) in [6.07, 6.45) is 7.18.